The van der Waals surface area contributed by atoms with Gasteiger partial charge in [0.1, 0.15) is 82.5 Å². The Kier molecular flexibility index (Phi) is 32.1. The Morgan fingerprint density at radius 3 is 1.11 bits per heavy atom. The van der Waals surface area contributed by atoms with Crippen molar-refractivity contribution in [1.29, 1.82) is 10.7 Å². The molecular weight excluding hydrogens is 1830 g/mol. The molecule has 0 spiro atoms. The molecule has 13 aromatic rings. The van der Waals surface area contributed by atoms with E-state index < -0.39 is 0 Å². The topological polar surface area (TPSA) is 420 Å². The number of nitrogens with two attached hydrogens (primary N) is 2. The number of methoxy groups -OCH3 is 4. The lowest BCUT2D eigenvalue weighted by atomic mass is 10.2. The van der Waals surface area contributed by atoms with E-state index in [0.717, 1.165) is 69.0 Å². The third-order valence-electron chi connectivity index (χ3n) is 20.8. The number of carbonyl (C=O) groups is 5. The first-order valence-electron chi connectivity index (χ1n) is 39.1. The van der Waals surface area contributed by atoms with Crippen LogP contribution in [0.4, 0.5) is 22.7 Å². The van der Waals surface area contributed by atoms with Crippen LogP contribution in [-0.2, 0) is 50.2 Å². The zero-order chi connectivity index (χ0) is 88.8. The quantitative estimate of drug-likeness (QED) is 0.0125. The molecule has 4 aliphatic rings. The number of nitrogens with one attached hydrogen (secondary N) is 2. The van der Waals surface area contributed by atoms with Crippen LogP contribution in [0.3, 0.4) is 0 Å². The highest BCUT2D eigenvalue weighted by Gasteiger charge is 2.30. The number of amidine groups is 1. The molecule has 17 rings (SSSR count). The maximum Gasteiger partial charge on any atom is 0.244 e. The predicted octanol–water partition coefficient (Wildman–Crippen LogP) is 9.68. The zero-order valence-electron chi connectivity index (χ0n) is 68.3. The predicted molar refractivity (Wildman–Crippen MR) is 486 cm³/mol. The molecule has 7 N–H and O–H groups in total. The van der Waals surface area contributed by atoms with Gasteiger partial charge in [-0.05, 0) is 120 Å². The maximum atomic E-state index is 13.1. The number of nitrogens with zero attached hydrogens (tertiary/aromatic N) is 22. The van der Waals surface area contributed by atoms with E-state index in [2.05, 4.69) is 104 Å². The van der Waals surface area contributed by atoms with Crippen LogP contribution in [0.5, 0.6) is 23.0 Å². The summed E-state index contributed by atoms with van der Waals surface area (Å²) in [5, 5.41) is 46.6. The maximum absolute atomic E-state index is 13.1. The molecule has 125 heavy (non-hydrogen) atoms. The lowest BCUT2D eigenvalue weighted by Gasteiger charge is -2.36. The fourth-order valence-electron chi connectivity index (χ4n) is 14.4. The number of alkyl halides is 1. The minimum Gasteiger partial charge on any atom is -0.495 e. The Bertz CT molecular complexity index is 5980. The average molecular weight is 1910 g/mol. The smallest absolute Gasteiger partial charge is 0.244 e. The van der Waals surface area contributed by atoms with Crippen LogP contribution < -0.4 is 50.2 Å². The summed E-state index contributed by atoms with van der Waals surface area (Å²) in [6, 6.07) is 39.6. The second-order valence-corrected chi connectivity index (χ2v) is 31.0. The number of amides is 4. The van der Waals surface area contributed by atoms with Crippen molar-refractivity contribution in [3.63, 3.8) is 0 Å². The van der Waals surface area contributed by atoms with Crippen LogP contribution in [-0.4, -0.2) is 269 Å². The number of imidazole rings is 1. The number of H-pyrrole nitrogens is 1. The fourth-order valence-corrected chi connectivity index (χ4v) is 15.9. The number of aromatic amines is 1. The SMILES string of the molecule is COc1cc(N2CCN(C(=O)Cn3nc(-c4ncc[nH]4)c4cccnc43)CC2)ccc1Cl.COc1cc(N2CCN(C(=O)Cn3nc(C#N)c4cccnc43)CC2)ccc1Cl.COc1cc(N2CCN(C(=O)Cn3nc(C(=N)N)c4cccnc43)CC2)ccc1Cl.COc1cc(N2CCN(C(=O)Cn3nc(I)c4cccnc43)CC2)ccc1Cl.NO.O=CCCl. The number of hydrogen-bond acceptors (Lipinski definition) is 26. The van der Waals surface area contributed by atoms with E-state index in [0.29, 0.717) is 173 Å². The Hall–Kier alpha value is -12.4. The van der Waals surface area contributed by atoms with E-state index in [4.69, 9.17) is 98.1 Å². The Balaban J connectivity index is 0.000000149. The van der Waals surface area contributed by atoms with E-state index in [9.17, 15) is 24.4 Å². The highest BCUT2D eigenvalue weighted by atomic mass is 127. The lowest BCUT2D eigenvalue weighted by Crippen LogP contribution is -2.49. The lowest BCUT2D eigenvalue weighted by molar-refractivity contribution is -0.133. The normalized spacial score (nSPS) is 13.8. The van der Waals surface area contributed by atoms with Gasteiger partial charge in [0.2, 0.25) is 23.6 Å². The van der Waals surface area contributed by atoms with Crippen molar-refractivity contribution in [2.24, 2.45) is 11.6 Å². The minimum atomic E-state index is -0.147. The van der Waals surface area contributed by atoms with Crippen LogP contribution in [0.25, 0.3) is 55.7 Å². The average Bonchev–Trinajstić information content (AvgIpc) is 1.72. The number of anilines is 4. The van der Waals surface area contributed by atoms with Crippen LogP contribution in [0, 0.1) is 20.4 Å². The van der Waals surface area contributed by atoms with Crippen molar-refractivity contribution in [2.75, 3.05) is 159 Å². The van der Waals surface area contributed by atoms with Crippen molar-refractivity contribution in [2.45, 2.75) is 26.2 Å². The Morgan fingerprint density at radius 1 is 0.464 bits per heavy atom. The summed E-state index contributed by atoms with van der Waals surface area (Å²) < 4.78 is 28.4. The molecule has 652 valence electrons. The number of aromatic nitrogens is 14. The number of carbonyl (C=O) groups excluding carboxylic acids is 5. The monoisotopic (exact) mass is 1910 g/mol. The third-order valence-corrected chi connectivity index (χ3v) is 23.0. The first-order valence-corrected chi connectivity index (χ1v) is 42.2. The number of pyridine rings is 4. The summed E-state index contributed by atoms with van der Waals surface area (Å²) in [5.74, 6) is 6.66. The van der Waals surface area contributed by atoms with Gasteiger partial charge in [0, 0.05) is 189 Å². The van der Waals surface area contributed by atoms with Gasteiger partial charge in [0.25, 0.3) is 0 Å². The molecule has 9 aromatic heterocycles. The van der Waals surface area contributed by atoms with E-state index in [1.54, 1.807) is 99.2 Å². The van der Waals surface area contributed by atoms with E-state index in [1.807, 2.05) is 117 Å². The number of nitrogen functional groups attached to an aromatic ring is 1. The van der Waals surface area contributed by atoms with Crippen molar-refractivity contribution >= 4 is 183 Å². The van der Waals surface area contributed by atoms with E-state index in [1.165, 1.54) is 9.36 Å². The number of hydrogen-bond donors (Lipinski definition) is 5. The van der Waals surface area contributed by atoms with Gasteiger partial charge in [-0.1, -0.05) is 46.4 Å². The molecule has 4 aromatic carbocycles. The standard InChI is InChI=1S/C22H22ClN7O2.C20H22ClN7O2.C20H19ClN6O2.C19H19ClIN5O2.C2H3ClO.H3NO/c1-32-18-13-15(4-5-17(18)23)28-9-11-29(12-10-28)19(31)14-30-22-16(3-2-6-26-22)20(27-30)21-24-7-8-25-21;1-30-16-11-13(4-5-15(16)21)26-7-9-27(10-8-26)17(29)12-28-20-14(3-2-6-24-20)18(25-28)19(22)23;1-29-18-11-14(4-5-16(18)21)25-7-9-26(10-8-25)19(28)13-27-20-15(3-2-6-23-20)17(12-22)24-27;1-28-16-11-13(4-5-15(16)20)24-7-9-25(10-8-24)17(27)12-26-19-14(18(21)23-26)3-2-6-22-19;3-1-2-4;1-2/h2-8,13H,9-12,14H2,1H3,(H,24,25);2-6,11H,7-10,12H2,1H3,(H3,22,23);2-6,11H,7-10,13H2,1H3;2-6,11H,7-10,12H2,1H3;2H,1H2;2H,1H2. The minimum absolute atomic E-state index is 0.0133. The molecular formula is C83H88Cl5IN26O10. The summed E-state index contributed by atoms with van der Waals surface area (Å²) in [6.45, 7) is 11.2. The number of piperazine rings is 4. The molecule has 0 atom stereocenters. The number of halogens is 6. The van der Waals surface area contributed by atoms with Gasteiger partial charge in [-0.2, -0.15) is 25.7 Å². The van der Waals surface area contributed by atoms with Gasteiger partial charge < -0.3 is 78.9 Å². The number of ether oxygens (including phenoxy) is 4. The molecule has 4 amide bonds. The Morgan fingerprint density at radius 2 is 0.776 bits per heavy atom. The first-order chi connectivity index (χ1) is 60.7. The number of fused-ring (bicyclic) bond motifs is 4. The van der Waals surface area contributed by atoms with Crippen molar-refractivity contribution in [3.05, 3.63) is 194 Å². The summed E-state index contributed by atoms with van der Waals surface area (Å²) in [4.78, 5) is 102. The van der Waals surface area contributed by atoms with Gasteiger partial charge in [0.05, 0.1) is 76.0 Å². The second-order valence-electron chi connectivity index (χ2n) is 28.0. The second kappa shape index (κ2) is 43.8. The molecule has 0 saturated carbocycles. The first kappa shape index (κ1) is 91.8. The largest absolute Gasteiger partial charge is 0.495 e. The number of nitriles is 1. The van der Waals surface area contributed by atoms with Gasteiger partial charge in [-0.25, -0.2) is 49.5 Å². The van der Waals surface area contributed by atoms with Crippen molar-refractivity contribution in [3.8, 4) is 40.6 Å². The zero-order valence-corrected chi connectivity index (χ0v) is 74.3. The van der Waals surface area contributed by atoms with Gasteiger partial charge >= 0.3 is 0 Å². The van der Waals surface area contributed by atoms with Gasteiger partial charge in [-0.3, -0.25) is 24.6 Å². The third kappa shape index (κ3) is 22.2. The van der Waals surface area contributed by atoms with Crippen LogP contribution >= 0.6 is 80.6 Å². The molecule has 4 aliphatic heterocycles. The highest BCUT2D eigenvalue weighted by molar-refractivity contribution is 14.1. The molecule has 36 nitrogen and oxygen atoms in total. The number of aldehydes is 1. The highest BCUT2D eigenvalue weighted by Crippen LogP contribution is 2.35. The molecule has 0 bridgehead atoms. The molecule has 0 unspecified atom stereocenters. The van der Waals surface area contributed by atoms with Crippen LogP contribution in [0.1, 0.15) is 11.4 Å². The molecule has 13 heterocycles. The molecule has 42 heteroatoms. The molecule has 4 saturated heterocycles. The van der Waals surface area contributed by atoms with Gasteiger partial charge in [-0.15, -0.1) is 11.6 Å². The van der Waals surface area contributed by atoms with Crippen molar-refractivity contribution < 1.29 is 48.1 Å². The van der Waals surface area contributed by atoms with E-state index >= 15 is 0 Å². The fraction of sp³-hybridized carbons (Fsp3) is 0.301. The summed E-state index contributed by atoms with van der Waals surface area (Å²) in [5.41, 5.74) is 13.5. The summed E-state index contributed by atoms with van der Waals surface area (Å²) in [6.07, 6.45) is 10.8. The van der Waals surface area contributed by atoms with Crippen LogP contribution in [0.2, 0.25) is 20.1 Å². The van der Waals surface area contributed by atoms with Crippen molar-refractivity contribution in [1.82, 2.24) is 88.6 Å². The summed E-state index contributed by atoms with van der Waals surface area (Å²) >= 11 is 31.4. The summed E-state index contributed by atoms with van der Waals surface area (Å²) in [7, 11) is 6.39. The number of rotatable bonds is 19. The molecule has 0 aliphatic carbocycles. The van der Waals surface area contributed by atoms with Gasteiger partial charge in [0.15, 0.2) is 34.1 Å². The molecule has 0 radical (unpaired) electrons. The Labute approximate surface area is 756 Å². The van der Waals surface area contributed by atoms with Crippen LogP contribution in [0.15, 0.2) is 159 Å². The van der Waals surface area contributed by atoms with E-state index in [-0.39, 0.29) is 67.2 Å². The molecule has 4 fully saturated rings. The number of benzene rings is 4.